The summed E-state index contributed by atoms with van der Waals surface area (Å²) in [4.78, 5) is 49.4. The molecule has 6 nitrogen and oxygen atoms in total. The molecule has 3 aromatic carbocycles. The number of amides is 2. The largest absolute Gasteiger partial charge is 0.345 e. The highest BCUT2D eigenvalue weighted by Gasteiger charge is 2.15. The molecule has 0 aromatic heterocycles. The first kappa shape index (κ1) is 21.6. The van der Waals surface area contributed by atoms with E-state index in [4.69, 9.17) is 0 Å². The fraction of sp³-hybridized carbons (Fsp3) is 0.120. The van der Waals surface area contributed by atoms with E-state index < -0.39 is 11.8 Å². The summed E-state index contributed by atoms with van der Waals surface area (Å²) in [6.07, 6.45) is 0. The van der Waals surface area contributed by atoms with Crippen molar-refractivity contribution in [3.05, 3.63) is 107 Å². The van der Waals surface area contributed by atoms with Gasteiger partial charge in [0.2, 0.25) is 0 Å². The van der Waals surface area contributed by atoms with E-state index in [9.17, 15) is 19.2 Å². The first-order chi connectivity index (χ1) is 14.9. The summed E-state index contributed by atoms with van der Waals surface area (Å²) >= 11 is 0. The summed E-state index contributed by atoms with van der Waals surface area (Å²) in [6, 6.07) is 22.1. The monoisotopic (exact) mass is 414 g/mol. The lowest BCUT2D eigenvalue weighted by molar-refractivity contribution is 0.0899. The molecule has 0 unspecified atom stereocenters. The van der Waals surface area contributed by atoms with E-state index >= 15 is 0 Å². The van der Waals surface area contributed by atoms with Gasteiger partial charge < -0.3 is 10.6 Å². The van der Waals surface area contributed by atoms with Gasteiger partial charge in [-0.1, -0.05) is 60.7 Å². The van der Waals surface area contributed by atoms with Crippen LogP contribution in [0.4, 0.5) is 0 Å². The minimum absolute atomic E-state index is 0.149. The standard InChI is InChI=1S/C25H22N2O4/c1-17-12-20(24(30)26-15-22(28)18-8-4-2-5-9-18)14-21(13-17)25(31)27-16-23(29)19-10-6-3-7-11-19/h2-14H,15-16H2,1H3,(H,26,30)(H,27,31). The zero-order valence-corrected chi connectivity index (χ0v) is 17.1. The maximum absolute atomic E-state index is 12.5. The fourth-order valence-corrected chi connectivity index (χ4v) is 3.02. The van der Waals surface area contributed by atoms with Crippen molar-refractivity contribution in [1.29, 1.82) is 0 Å². The van der Waals surface area contributed by atoms with Crippen molar-refractivity contribution in [2.24, 2.45) is 0 Å². The van der Waals surface area contributed by atoms with Crippen LogP contribution in [0.5, 0.6) is 0 Å². The first-order valence-electron chi connectivity index (χ1n) is 9.78. The number of carbonyl (C=O) groups is 4. The van der Waals surface area contributed by atoms with Gasteiger partial charge in [-0.05, 0) is 30.7 Å². The van der Waals surface area contributed by atoms with E-state index in [-0.39, 0.29) is 35.8 Å². The second-order valence-electron chi connectivity index (χ2n) is 7.03. The van der Waals surface area contributed by atoms with Gasteiger partial charge in [0.25, 0.3) is 11.8 Å². The van der Waals surface area contributed by atoms with Crippen molar-refractivity contribution in [2.75, 3.05) is 13.1 Å². The van der Waals surface area contributed by atoms with Crippen molar-refractivity contribution in [1.82, 2.24) is 10.6 Å². The Hall–Kier alpha value is -4.06. The zero-order chi connectivity index (χ0) is 22.2. The van der Waals surface area contributed by atoms with Crippen LogP contribution in [0.25, 0.3) is 0 Å². The summed E-state index contributed by atoms with van der Waals surface area (Å²) in [6.45, 7) is 1.46. The van der Waals surface area contributed by atoms with E-state index in [2.05, 4.69) is 10.6 Å². The lowest BCUT2D eigenvalue weighted by Gasteiger charge is -2.09. The van der Waals surface area contributed by atoms with Gasteiger partial charge in [0, 0.05) is 22.3 Å². The average Bonchev–Trinajstić information content (AvgIpc) is 2.81. The number of carbonyl (C=O) groups excluding carboxylic acids is 4. The van der Waals surface area contributed by atoms with Crippen LogP contribution in [0.15, 0.2) is 78.9 Å². The zero-order valence-electron chi connectivity index (χ0n) is 17.1. The van der Waals surface area contributed by atoms with Gasteiger partial charge in [-0.15, -0.1) is 0 Å². The van der Waals surface area contributed by atoms with E-state index in [0.717, 1.165) is 0 Å². The Morgan fingerprint density at radius 3 is 1.35 bits per heavy atom. The highest BCUT2D eigenvalue weighted by Crippen LogP contribution is 2.11. The minimum atomic E-state index is -0.456. The average molecular weight is 414 g/mol. The molecule has 31 heavy (non-hydrogen) atoms. The molecule has 0 heterocycles. The summed E-state index contributed by atoms with van der Waals surface area (Å²) in [7, 11) is 0. The van der Waals surface area contributed by atoms with Crippen LogP contribution < -0.4 is 10.6 Å². The Morgan fingerprint density at radius 1 is 0.581 bits per heavy atom. The van der Waals surface area contributed by atoms with Crippen LogP contribution in [-0.2, 0) is 0 Å². The summed E-state index contributed by atoms with van der Waals surface area (Å²) in [5.74, 6) is -1.33. The molecule has 0 atom stereocenters. The van der Waals surface area contributed by atoms with Crippen LogP contribution in [0.1, 0.15) is 47.0 Å². The lowest BCUT2D eigenvalue weighted by atomic mass is 10.0. The number of Topliss-reactive ketones (excluding diaryl/α,β-unsaturated/α-hetero) is 2. The van der Waals surface area contributed by atoms with Crippen LogP contribution in [0, 0.1) is 6.92 Å². The molecule has 3 aromatic rings. The minimum Gasteiger partial charge on any atom is -0.345 e. The quantitative estimate of drug-likeness (QED) is 0.554. The van der Waals surface area contributed by atoms with Gasteiger partial charge in [0.05, 0.1) is 13.1 Å². The molecule has 0 fully saturated rings. The molecule has 2 amide bonds. The first-order valence-corrected chi connectivity index (χ1v) is 9.78. The van der Waals surface area contributed by atoms with E-state index in [1.54, 1.807) is 67.6 Å². The number of hydrogen-bond donors (Lipinski definition) is 2. The maximum atomic E-state index is 12.5. The third-order valence-corrected chi connectivity index (χ3v) is 4.61. The predicted molar refractivity (Wildman–Crippen MR) is 117 cm³/mol. The van der Waals surface area contributed by atoms with Gasteiger partial charge in [0.1, 0.15) is 0 Å². The second kappa shape index (κ2) is 10.1. The normalized spacial score (nSPS) is 10.2. The molecule has 0 aliphatic rings. The highest BCUT2D eigenvalue weighted by atomic mass is 16.2. The van der Waals surface area contributed by atoms with Crippen molar-refractivity contribution in [2.45, 2.75) is 6.92 Å². The molecular formula is C25H22N2O4. The molecule has 0 bridgehead atoms. The molecule has 0 saturated heterocycles. The Balaban J connectivity index is 1.62. The Kier molecular flexibility index (Phi) is 7.06. The molecule has 0 aliphatic heterocycles. The molecule has 0 saturated carbocycles. The van der Waals surface area contributed by atoms with Gasteiger partial charge in [-0.3, -0.25) is 19.2 Å². The van der Waals surface area contributed by atoms with Crippen molar-refractivity contribution in [3.63, 3.8) is 0 Å². The van der Waals surface area contributed by atoms with E-state index in [1.165, 1.54) is 6.07 Å². The van der Waals surface area contributed by atoms with Crippen molar-refractivity contribution >= 4 is 23.4 Å². The molecule has 0 radical (unpaired) electrons. The Labute approximate surface area is 180 Å². The Bertz CT molecular complexity index is 1020. The maximum Gasteiger partial charge on any atom is 0.251 e. The molecule has 0 aliphatic carbocycles. The number of ketones is 2. The number of hydrogen-bond acceptors (Lipinski definition) is 4. The summed E-state index contributed by atoms with van der Waals surface area (Å²) < 4.78 is 0. The van der Waals surface area contributed by atoms with Crippen LogP contribution >= 0.6 is 0 Å². The number of aryl methyl sites for hydroxylation is 1. The third kappa shape index (κ3) is 5.96. The predicted octanol–water partition coefficient (Wildman–Crippen LogP) is 3.22. The van der Waals surface area contributed by atoms with E-state index in [0.29, 0.717) is 16.7 Å². The van der Waals surface area contributed by atoms with Crippen molar-refractivity contribution < 1.29 is 19.2 Å². The SMILES string of the molecule is Cc1cc(C(=O)NCC(=O)c2ccccc2)cc(C(=O)NCC(=O)c2ccccc2)c1. The molecule has 3 rings (SSSR count). The van der Waals surface area contributed by atoms with Gasteiger partial charge in [-0.25, -0.2) is 0 Å². The fourth-order valence-electron chi connectivity index (χ4n) is 3.02. The molecule has 0 spiro atoms. The molecule has 156 valence electrons. The summed E-state index contributed by atoms with van der Waals surface area (Å²) in [5, 5.41) is 5.18. The number of rotatable bonds is 8. The summed E-state index contributed by atoms with van der Waals surface area (Å²) in [5.41, 5.74) is 2.26. The second-order valence-corrected chi connectivity index (χ2v) is 7.03. The number of benzene rings is 3. The lowest BCUT2D eigenvalue weighted by Crippen LogP contribution is -2.31. The molecular weight excluding hydrogens is 392 g/mol. The third-order valence-electron chi connectivity index (χ3n) is 4.61. The number of nitrogens with one attached hydrogen (secondary N) is 2. The van der Waals surface area contributed by atoms with Gasteiger partial charge >= 0.3 is 0 Å². The van der Waals surface area contributed by atoms with Gasteiger partial charge in [0.15, 0.2) is 11.6 Å². The topological polar surface area (TPSA) is 92.3 Å². The molecule has 2 N–H and O–H groups in total. The van der Waals surface area contributed by atoms with Crippen LogP contribution in [0.2, 0.25) is 0 Å². The van der Waals surface area contributed by atoms with Gasteiger partial charge in [-0.2, -0.15) is 0 Å². The molecule has 6 heteroatoms. The Morgan fingerprint density at radius 2 is 0.968 bits per heavy atom. The van der Waals surface area contributed by atoms with Crippen LogP contribution in [0.3, 0.4) is 0 Å². The van der Waals surface area contributed by atoms with Crippen LogP contribution in [-0.4, -0.2) is 36.5 Å². The van der Waals surface area contributed by atoms with Crippen molar-refractivity contribution in [3.8, 4) is 0 Å². The smallest absolute Gasteiger partial charge is 0.251 e. The highest BCUT2D eigenvalue weighted by molar-refractivity contribution is 6.05. The van der Waals surface area contributed by atoms with E-state index in [1.807, 2.05) is 12.1 Å².